The summed E-state index contributed by atoms with van der Waals surface area (Å²) in [5.74, 6) is 1.90. The average Bonchev–Trinajstić information content (AvgIpc) is 3.67. The Balaban J connectivity index is 0.000000153. The molecule has 3 N–H and O–H groups in total. The molecule has 24 heteroatoms. The van der Waals surface area contributed by atoms with Crippen molar-refractivity contribution in [2.45, 2.75) is 167 Å². The molecule has 6 saturated heterocycles. The topological polar surface area (TPSA) is 262 Å². The summed E-state index contributed by atoms with van der Waals surface area (Å²) in [7, 11) is 0. The maximum absolute atomic E-state index is 14.2. The van der Waals surface area contributed by atoms with Gasteiger partial charge in [0.1, 0.15) is 29.4 Å². The number of nitrogens with zero attached hydrogens (tertiary/aromatic N) is 10. The van der Waals surface area contributed by atoms with Crippen LogP contribution in [0.2, 0.25) is 0 Å². The van der Waals surface area contributed by atoms with Crippen LogP contribution in [0, 0.1) is 40.4 Å². The van der Waals surface area contributed by atoms with Crippen molar-refractivity contribution in [3.8, 4) is 0 Å². The number of piperidine rings is 1. The molecule has 5 aromatic rings. The van der Waals surface area contributed by atoms with Gasteiger partial charge in [0.2, 0.25) is 5.89 Å². The second-order valence-corrected chi connectivity index (χ2v) is 19.5. The minimum Gasteiger partial charge on any atom is -0.393 e. The molecule has 2 bridgehead atoms. The molecule has 1 aromatic carbocycles. The van der Waals surface area contributed by atoms with Crippen LogP contribution in [0.15, 0.2) is 41.8 Å². The number of hydrogen-bond donors (Lipinski definition) is 3. The number of aromatic nitrogens is 11. The highest BCUT2D eigenvalue weighted by atomic mass is 19.1. The minimum absolute atomic E-state index is 0.00935. The summed E-state index contributed by atoms with van der Waals surface area (Å²) in [6.45, 7) is 15.7. The first-order chi connectivity index (χ1) is 34.7. The third-order valence-electron chi connectivity index (χ3n) is 14.4. The van der Waals surface area contributed by atoms with Crippen LogP contribution in [0.25, 0.3) is 0 Å². The fourth-order valence-corrected chi connectivity index (χ4v) is 10.7. The number of aryl methyl sites for hydroxylation is 5. The van der Waals surface area contributed by atoms with Gasteiger partial charge in [0, 0.05) is 88.9 Å². The van der Waals surface area contributed by atoms with E-state index in [4.69, 9.17) is 23.7 Å². The van der Waals surface area contributed by atoms with E-state index in [2.05, 4.69) is 39.9 Å². The molecule has 23 nitrogen and oxygen atoms in total. The Morgan fingerprint density at radius 2 is 1.24 bits per heavy atom. The van der Waals surface area contributed by atoms with Crippen LogP contribution < -0.4 is 22.8 Å². The molecule has 0 saturated carbocycles. The van der Waals surface area contributed by atoms with Gasteiger partial charge in [-0.3, -0.25) is 18.6 Å². The smallest absolute Gasteiger partial charge is 0.393 e. The Morgan fingerprint density at radius 1 is 0.694 bits per heavy atom. The van der Waals surface area contributed by atoms with E-state index in [0.29, 0.717) is 62.3 Å². The number of fused-ring (bicyclic) bond motifs is 2. The first kappa shape index (κ1) is 52.9. The Kier molecular flexibility index (Phi) is 18.1. The summed E-state index contributed by atoms with van der Waals surface area (Å²) in [5, 5.41) is 31.5. The Bertz CT molecular complexity index is 2720. The van der Waals surface area contributed by atoms with Gasteiger partial charge in [0.05, 0.1) is 38.5 Å². The van der Waals surface area contributed by atoms with Crippen molar-refractivity contribution in [2.24, 2.45) is 0 Å². The number of aromatic amines is 2. The number of epoxide rings is 1. The molecule has 10 heterocycles. The molecular weight excluding hydrogens is 940 g/mol. The van der Waals surface area contributed by atoms with Gasteiger partial charge < -0.3 is 33.2 Å². The van der Waals surface area contributed by atoms with Crippen LogP contribution >= 0.6 is 0 Å². The number of aliphatic hydroxyl groups is 1. The molecule has 0 radical (unpaired) electrons. The molecule has 4 atom stereocenters. The van der Waals surface area contributed by atoms with Crippen molar-refractivity contribution in [3.05, 3.63) is 101 Å². The van der Waals surface area contributed by atoms with E-state index in [1.54, 1.807) is 22.1 Å². The van der Waals surface area contributed by atoms with E-state index in [1.807, 2.05) is 38.3 Å². The van der Waals surface area contributed by atoms with Gasteiger partial charge in [-0.05, 0) is 104 Å². The lowest BCUT2D eigenvalue weighted by Gasteiger charge is -2.39. The van der Waals surface area contributed by atoms with E-state index in [0.717, 1.165) is 114 Å². The predicted octanol–water partition coefficient (Wildman–Crippen LogP) is 2.73. The quantitative estimate of drug-likeness (QED) is 0.152. The summed E-state index contributed by atoms with van der Waals surface area (Å²) >= 11 is 0. The predicted molar refractivity (Wildman–Crippen MR) is 257 cm³/mol. The molecule has 6 fully saturated rings. The molecule has 0 aliphatic carbocycles. The van der Waals surface area contributed by atoms with Crippen molar-refractivity contribution in [1.82, 2.24) is 58.6 Å². The van der Waals surface area contributed by atoms with Crippen molar-refractivity contribution in [3.63, 3.8) is 0 Å². The summed E-state index contributed by atoms with van der Waals surface area (Å²) in [4.78, 5) is 48.9. The van der Waals surface area contributed by atoms with Crippen molar-refractivity contribution in [2.75, 3.05) is 52.8 Å². The van der Waals surface area contributed by atoms with E-state index in [9.17, 15) is 28.7 Å². The van der Waals surface area contributed by atoms with Gasteiger partial charge in [0.15, 0.2) is 0 Å². The van der Waals surface area contributed by atoms with Crippen molar-refractivity contribution < 1.29 is 37.6 Å². The Hall–Kier alpha value is -5.37. The fraction of sp³-hybridized carbons (Fsp3) is 0.708. The average molecular weight is 1010 g/mol. The highest BCUT2D eigenvalue weighted by Gasteiger charge is 2.42. The molecule has 396 valence electrons. The van der Waals surface area contributed by atoms with Gasteiger partial charge in [0.25, 0.3) is 0 Å². The van der Waals surface area contributed by atoms with Crippen LogP contribution in [-0.4, -0.2) is 147 Å². The van der Waals surface area contributed by atoms with E-state index < -0.39 is 11.9 Å². The molecule has 0 amide bonds. The largest absolute Gasteiger partial charge is 0.434 e. The number of H-pyrrole nitrogens is 2. The number of halogens is 1. The van der Waals surface area contributed by atoms with Crippen LogP contribution in [-0.2, 0) is 43.4 Å². The number of ether oxygens (including phenoxy) is 5. The zero-order chi connectivity index (χ0) is 50.9. The third-order valence-corrected chi connectivity index (χ3v) is 14.4. The fourth-order valence-electron chi connectivity index (χ4n) is 10.7. The molecule has 72 heavy (non-hydrogen) atoms. The van der Waals surface area contributed by atoms with Crippen molar-refractivity contribution in [1.29, 1.82) is 0 Å². The summed E-state index contributed by atoms with van der Waals surface area (Å²) < 4.78 is 54.0. The second-order valence-electron chi connectivity index (χ2n) is 19.5. The summed E-state index contributed by atoms with van der Waals surface area (Å²) in [6.07, 6.45) is 8.75. The lowest BCUT2D eigenvalue weighted by molar-refractivity contribution is -0.0410. The third kappa shape index (κ3) is 13.4. The van der Waals surface area contributed by atoms with Gasteiger partial charge in [-0.25, -0.2) is 43.1 Å². The van der Waals surface area contributed by atoms with E-state index >= 15 is 0 Å². The summed E-state index contributed by atoms with van der Waals surface area (Å²) in [6, 6.07) is 6.42. The van der Waals surface area contributed by atoms with Gasteiger partial charge in [-0.15, -0.1) is 5.10 Å². The van der Waals surface area contributed by atoms with Crippen LogP contribution in [0.4, 0.5) is 4.39 Å². The zero-order valence-corrected chi connectivity index (χ0v) is 42.1. The number of benzene rings is 1. The minimum atomic E-state index is -0.674. The molecular formula is C48H71FN12O11. The first-order valence-electron chi connectivity index (χ1n) is 25.4. The van der Waals surface area contributed by atoms with Gasteiger partial charge >= 0.3 is 22.8 Å². The highest BCUT2D eigenvalue weighted by Crippen LogP contribution is 2.37. The maximum atomic E-state index is 14.2. The number of hydrogen-bond acceptors (Lipinski definition) is 16. The Morgan fingerprint density at radius 3 is 1.71 bits per heavy atom. The van der Waals surface area contributed by atoms with Crippen LogP contribution in [0.1, 0.15) is 117 Å². The number of rotatable bonds is 12. The lowest BCUT2D eigenvalue weighted by Crippen LogP contribution is -2.49. The second kappa shape index (κ2) is 24.6. The SMILES string of the molecule is Cc1cccc(F)c1COC1CC2CCC(C1)N2CC(O)Cn1nc(C)n(C2CCOCC2)c1=O.Cc1n[nH]c(=O)n1C1CCOCC1.Cc1n[nH]c(=O)o1.Cc1nn(CC2CO2)c(=O)n1C1CCOCC1. The van der Waals surface area contributed by atoms with E-state index in [-0.39, 0.29) is 59.8 Å². The van der Waals surface area contributed by atoms with Crippen LogP contribution in [0.5, 0.6) is 0 Å². The molecule has 6 aliphatic rings. The molecule has 4 unspecified atom stereocenters. The van der Waals surface area contributed by atoms with Crippen molar-refractivity contribution >= 4 is 0 Å². The monoisotopic (exact) mass is 1010 g/mol. The highest BCUT2D eigenvalue weighted by molar-refractivity contribution is 5.26. The van der Waals surface area contributed by atoms with E-state index in [1.165, 1.54) is 15.4 Å². The number of nitrogens with one attached hydrogen (secondary N) is 2. The lowest BCUT2D eigenvalue weighted by atomic mass is 9.99. The first-order valence-corrected chi connectivity index (χ1v) is 25.4. The molecule has 0 spiro atoms. The maximum Gasteiger partial charge on any atom is 0.434 e. The normalized spacial score (nSPS) is 23.1. The molecule has 4 aromatic heterocycles. The van der Waals surface area contributed by atoms with Gasteiger partial charge in [-0.2, -0.15) is 15.3 Å². The number of aliphatic hydroxyl groups excluding tert-OH is 1. The zero-order valence-electron chi connectivity index (χ0n) is 42.1. The van der Waals surface area contributed by atoms with Gasteiger partial charge in [-0.1, -0.05) is 12.1 Å². The molecule has 6 aliphatic heterocycles. The molecule has 11 rings (SSSR count). The van der Waals surface area contributed by atoms with Crippen LogP contribution in [0.3, 0.4) is 0 Å². The standard InChI is InChI=1S/C26H37FN4O4.C11H17N3O3.C8H13N3O2.C3H4N2O2/c1-17-4-3-5-25(27)24(17)16-35-23-12-20-6-7-21(13-23)29(20)14-22(32)15-30-26(33)31(18(2)28-30)19-8-10-34-11-9-19;1-8-12-13(6-10-7-17-10)11(15)14(8)9-2-4-16-5-3-9;1-6-9-10-8(12)11(6)7-2-4-13-5-3-7;1-2-4-5-3(6)7-2/h3-5,19-23,32H,6-16H2,1-2H3;9-10H,2-7H2,1H3;7H,2-5H2,1H3,(H,10,12);1H3,(H,5,6). The Labute approximate surface area is 415 Å². The summed E-state index contributed by atoms with van der Waals surface area (Å²) in [5.41, 5.74) is 1.29.